The minimum atomic E-state index is 0.706. The van der Waals surface area contributed by atoms with Crippen LogP contribution in [0.5, 0.6) is 0 Å². The van der Waals surface area contributed by atoms with Crippen LogP contribution in [0.1, 0.15) is 60.8 Å². The summed E-state index contributed by atoms with van der Waals surface area (Å²) in [4.78, 5) is 2.74. The van der Waals surface area contributed by atoms with Crippen LogP contribution in [0.2, 0.25) is 0 Å². The predicted octanol–water partition coefficient (Wildman–Crippen LogP) is 3.52. The SMILES string of the molecule is CCCNC1CCN(C(C)C(C)CC)C(C)C1C. The average molecular weight is 254 g/mol. The summed E-state index contributed by atoms with van der Waals surface area (Å²) >= 11 is 0. The lowest BCUT2D eigenvalue weighted by molar-refractivity contribution is 0.0327. The van der Waals surface area contributed by atoms with E-state index in [4.69, 9.17) is 0 Å². The predicted molar refractivity (Wildman–Crippen MR) is 80.9 cm³/mol. The lowest BCUT2D eigenvalue weighted by atomic mass is 9.84. The molecule has 5 unspecified atom stereocenters. The monoisotopic (exact) mass is 254 g/mol. The van der Waals surface area contributed by atoms with E-state index < -0.39 is 0 Å². The fourth-order valence-electron chi connectivity index (χ4n) is 3.25. The van der Waals surface area contributed by atoms with Crippen molar-refractivity contribution in [3.05, 3.63) is 0 Å². The van der Waals surface area contributed by atoms with Gasteiger partial charge >= 0.3 is 0 Å². The Labute approximate surface area is 115 Å². The van der Waals surface area contributed by atoms with Crippen LogP contribution < -0.4 is 5.32 Å². The van der Waals surface area contributed by atoms with Crippen LogP contribution >= 0.6 is 0 Å². The number of nitrogens with one attached hydrogen (secondary N) is 1. The van der Waals surface area contributed by atoms with Crippen molar-refractivity contribution in [3.63, 3.8) is 0 Å². The minimum absolute atomic E-state index is 0.706. The van der Waals surface area contributed by atoms with E-state index in [1.54, 1.807) is 0 Å². The lowest BCUT2D eigenvalue weighted by Crippen LogP contribution is -2.56. The Balaban J connectivity index is 2.56. The molecule has 0 aromatic heterocycles. The van der Waals surface area contributed by atoms with Crippen molar-refractivity contribution in [2.24, 2.45) is 11.8 Å². The van der Waals surface area contributed by atoms with Crippen LogP contribution in [0, 0.1) is 11.8 Å². The maximum absolute atomic E-state index is 3.73. The first-order valence-corrected chi connectivity index (χ1v) is 8.01. The third-order valence-electron chi connectivity index (χ3n) is 5.26. The van der Waals surface area contributed by atoms with Gasteiger partial charge in [0.1, 0.15) is 0 Å². The van der Waals surface area contributed by atoms with Gasteiger partial charge in [0, 0.05) is 24.7 Å². The van der Waals surface area contributed by atoms with Crippen molar-refractivity contribution < 1.29 is 0 Å². The molecule has 108 valence electrons. The second-order valence-electron chi connectivity index (χ2n) is 6.31. The Bertz CT molecular complexity index is 229. The fraction of sp³-hybridized carbons (Fsp3) is 1.00. The van der Waals surface area contributed by atoms with E-state index in [1.807, 2.05) is 0 Å². The Hall–Kier alpha value is -0.0800. The molecule has 2 heteroatoms. The molecule has 0 saturated carbocycles. The van der Waals surface area contributed by atoms with Gasteiger partial charge in [0.2, 0.25) is 0 Å². The van der Waals surface area contributed by atoms with E-state index in [-0.39, 0.29) is 0 Å². The van der Waals surface area contributed by atoms with Gasteiger partial charge in [-0.05, 0) is 45.1 Å². The zero-order valence-electron chi connectivity index (χ0n) is 13.4. The summed E-state index contributed by atoms with van der Waals surface area (Å²) in [7, 11) is 0. The highest BCUT2D eigenvalue weighted by molar-refractivity contribution is 4.91. The molecule has 0 amide bonds. The van der Waals surface area contributed by atoms with Crippen LogP contribution in [0.3, 0.4) is 0 Å². The van der Waals surface area contributed by atoms with E-state index in [1.165, 1.54) is 32.4 Å². The Morgan fingerprint density at radius 1 is 1.22 bits per heavy atom. The third-order valence-corrected chi connectivity index (χ3v) is 5.26. The molecule has 1 N–H and O–H groups in total. The van der Waals surface area contributed by atoms with E-state index >= 15 is 0 Å². The molecular weight excluding hydrogens is 220 g/mol. The van der Waals surface area contributed by atoms with Gasteiger partial charge in [-0.2, -0.15) is 0 Å². The van der Waals surface area contributed by atoms with Gasteiger partial charge in [0.05, 0.1) is 0 Å². The highest BCUT2D eigenvalue weighted by Gasteiger charge is 2.35. The average Bonchev–Trinajstić information content (AvgIpc) is 2.38. The molecule has 0 aliphatic carbocycles. The summed E-state index contributed by atoms with van der Waals surface area (Å²) in [5.74, 6) is 1.57. The molecule has 1 aliphatic heterocycles. The Morgan fingerprint density at radius 2 is 1.89 bits per heavy atom. The van der Waals surface area contributed by atoms with E-state index in [0.717, 1.165) is 23.9 Å². The number of nitrogens with zero attached hydrogens (tertiary/aromatic N) is 1. The quantitative estimate of drug-likeness (QED) is 0.780. The fourth-order valence-corrected chi connectivity index (χ4v) is 3.25. The van der Waals surface area contributed by atoms with Crippen molar-refractivity contribution in [2.75, 3.05) is 13.1 Å². The van der Waals surface area contributed by atoms with E-state index in [0.29, 0.717) is 6.04 Å². The first kappa shape index (κ1) is 16.0. The molecule has 0 radical (unpaired) electrons. The van der Waals surface area contributed by atoms with Gasteiger partial charge in [0.25, 0.3) is 0 Å². The third kappa shape index (κ3) is 3.71. The van der Waals surface area contributed by atoms with Crippen molar-refractivity contribution in [1.29, 1.82) is 0 Å². The lowest BCUT2D eigenvalue weighted by Gasteiger charge is -2.47. The highest BCUT2D eigenvalue weighted by Crippen LogP contribution is 2.28. The second kappa shape index (κ2) is 7.49. The highest BCUT2D eigenvalue weighted by atomic mass is 15.2. The van der Waals surface area contributed by atoms with Crippen LogP contribution in [0.15, 0.2) is 0 Å². The normalized spacial score (nSPS) is 33.3. The molecule has 1 heterocycles. The topological polar surface area (TPSA) is 15.3 Å². The molecule has 0 aromatic carbocycles. The van der Waals surface area contributed by atoms with Crippen molar-refractivity contribution in [2.45, 2.75) is 78.9 Å². The molecule has 1 rings (SSSR count). The molecule has 1 saturated heterocycles. The molecular formula is C16H34N2. The smallest absolute Gasteiger partial charge is 0.0120 e. The van der Waals surface area contributed by atoms with Gasteiger partial charge in [-0.1, -0.05) is 34.1 Å². The van der Waals surface area contributed by atoms with E-state index in [2.05, 4.69) is 51.8 Å². The molecule has 0 aromatic rings. The summed E-state index contributed by atoms with van der Waals surface area (Å²) in [5.41, 5.74) is 0. The molecule has 18 heavy (non-hydrogen) atoms. The van der Waals surface area contributed by atoms with Crippen molar-refractivity contribution in [1.82, 2.24) is 10.2 Å². The maximum atomic E-state index is 3.73. The summed E-state index contributed by atoms with van der Waals surface area (Å²) < 4.78 is 0. The number of rotatable bonds is 6. The largest absolute Gasteiger partial charge is 0.314 e. The van der Waals surface area contributed by atoms with Gasteiger partial charge < -0.3 is 5.32 Å². The summed E-state index contributed by atoms with van der Waals surface area (Å²) in [5, 5.41) is 3.73. The second-order valence-corrected chi connectivity index (χ2v) is 6.31. The number of likely N-dealkylation sites (tertiary alicyclic amines) is 1. The Kier molecular flexibility index (Phi) is 6.65. The van der Waals surface area contributed by atoms with Crippen molar-refractivity contribution in [3.8, 4) is 0 Å². The van der Waals surface area contributed by atoms with Gasteiger partial charge in [0.15, 0.2) is 0 Å². The number of piperidine rings is 1. The number of hydrogen-bond donors (Lipinski definition) is 1. The molecule has 1 aliphatic rings. The standard InChI is InChI=1S/C16H34N2/c1-7-10-17-16-9-11-18(15(6)13(16)4)14(5)12(3)8-2/h12-17H,7-11H2,1-6H3. The van der Waals surface area contributed by atoms with Crippen LogP contribution in [0.25, 0.3) is 0 Å². The summed E-state index contributed by atoms with van der Waals surface area (Å²) in [6, 6.07) is 2.15. The molecule has 5 atom stereocenters. The summed E-state index contributed by atoms with van der Waals surface area (Å²) in [6.07, 6.45) is 3.84. The zero-order valence-corrected chi connectivity index (χ0v) is 13.4. The van der Waals surface area contributed by atoms with Crippen molar-refractivity contribution >= 4 is 0 Å². The van der Waals surface area contributed by atoms with Gasteiger partial charge in [-0.3, -0.25) is 4.90 Å². The molecule has 2 nitrogen and oxygen atoms in total. The minimum Gasteiger partial charge on any atom is -0.314 e. The van der Waals surface area contributed by atoms with Gasteiger partial charge in [-0.15, -0.1) is 0 Å². The molecule has 0 spiro atoms. The maximum Gasteiger partial charge on any atom is 0.0120 e. The van der Waals surface area contributed by atoms with Crippen LogP contribution in [-0.2, 0) is 0 Å². The molecule has 1 fully saturated rings. The number of hydrogen-bond acceptors (Lipinski definition) is 2. The summed E-state index contributed by atoms with van der Waals surface area (Å²) in [6.45, 7) is 16.6. The van der Waals surface area contributed by atoms with Crippen LogP contribution in [-0.4, -0.2) is 36.1 Å². The first-order valence-electron chi connectivity index (χ1n) is 8.01. The van der Waals surface area contributed by atoms with E-state index in [9.17, 15) is 0 Å². The Morgan fingerprint density at radius 3 is 2.44 bits per heavy atom. The van der Waals surface area contributed by atoms with Crippen LogP contribution in [0.4, 0.5) is 0 Å². The van der Waals surface area contributed by atoms with Gasteiger partial charge in [-0.25, -0.2) is 0 Å². The zero-order chi connectivity index (χ0) is 13.7. The first-order chi connectivity index (χ1) is 8.52. The molecule has 0 bridgehead atoms.